The molecule has 20 heavy (non-hydrogen) atoms. The van der Waals surface area contributed by atoms with Gasteiger partial charge in [-0.25, -0.2) is 4.79 Å². The third-order valence-corrected chi connectivity index (χ3v) is 3.51. The lowest BCUT2D eigenvalue weighted by atomic mass is 10.1. The Bertz CT molecular complexity index is 523. The van der Waals surface area contributed by atoms with Gasteiger partial charge in [-0.3, -0.25) is 4.79 Å². The Balaban J connectivity index is 1.90. The first-order chi connectivity index (χ1) is 9.47. The number of aryl methyl sites for hydroxylation is 1. The summed E-state index contributed by atoms with van der Waals surface area (Å²) in [6, 6.07) is 4.80. The van der Waals surface area contributed by atoms with Gasteiger partial charge >= 0.3 is 5.97 Å². The molecule has 0 aromatic heterocycles. The molecule has 0 bridgehead atoms. The van der Waals surface area contributed by atoms with E-state index in [9.17, 15) is 9.59 Å². The highest BCUT2D eigenvalue weighted by molar-refractivity contribution is 5.88. The lowest BCUT2D eigenvalue weighted by molar-refractivity contribution is -0.123. The maximum Gasteiger partial charge on any atom is 0.335 e. The zero-order chi connectivity index (χ0) is 14.7. The summed E-state index contributed by atoms with van der Waals surface area (Å²) >= 11 is 0. The predicted octanol–water partition coefficient (Wildman–Crippen LogP) is 1.99. The van der Waals surface area contributed by atoms with Crippen molar-refractivity contribution >= 4 is 11.9 Å². The summed E-state index contributed by atoms with van der Waals surface area (Å²) in [6.07, 6.45) is 2.34. The van der Waals surface area contributed by atoms with Crippen LogP contribution in [0.2, 0.25) is 0 Å². The number of carbonyl (C=O) groups is 2. The van der Waals surface area contributed by atoms with Crippen molar-refractivity contribution in [2.45, 2.75) is 32.7 Å². The van der Waals surface area contributed by atoms with E-state index >= 15 is 0 Å². The van der Waals surface area contributed by atoms with Crippen molar-refractivity contribution in [2.24, 2.45) is 5.92 Å². The van der Waals surface area contributed by atoms with Gasteiger partial charge in [0.25, 0.3) is 5.91 Å². The fourth-order valence-electron chi connectivity index (χ4n) is 2.04. The number of carbonyl (C=O) groups excluding carboxylic acids is 1. The van der Waals surface area contributed by atoms with Gasteiger partial charge in [0.05, 0.1) is 5.56 Å². The molecule has 1 aromatic carbocycles. The van der Waals surface area contributed by atoms with Gasteiger partial charge in [0.15, 0.2) is 6.61 Å². The topological polar surface area (TPSA) is 75.6 Å². The molecule has 0 saturated heterocycles. The molecule has 2 rings (SSSR count). The van der Waals surface area contributed by atoms with E-state index in [0.29, 0.717) is 11.7 Å². The van der Waals surface area contributed by atoms with Crippen LogP contribution in [0.4, 0.5) is 0 Å². The lowest BCUT2D eigenvalue weighted by Crippen LogP contribution is -2.37. The van der Waals surface area contributed by atoms with E-state index in [1.807, 2.05) is 13.8 Å². The molecule has 0 spiro atoms. The van der Waals surface area contributed by atoms with Gasteiger partial charge < -0.3 is 15.2 Å². The Hall–Kier alpha value is -2.04. The Labute approximate surface area is 117 Å². The van der Waals surface area contributed by atoms with Crippen LogP contribution in [0.3, 0.4) is 0 Å². The molecular weight excluding hydrogens is 258 g/mol. The van der Waals surface area contributed by atoms with E-state index in [-0.39, 0.29) is 24.1 Å². The van der Waals surface area contributed by atoms with Gasteiger partial charge in [-0.05, 0) is 50.3 Å². The van der Waals surface area contributed by atoms with Crippen molar-refractivity contribution in [2.75, 3.05) is 6.61 Å². The van der Waals surface area contributed by atoms with E-state index < -0.39 is 5.97 Å². The van der Waals surface area contributed by atoms with Crippen molar-refractivity contribution in [1.82, 2.24) is 5.32 Å². The third-order valence-electron chi connectivity index (χ3n) is 3.51. The quantitative estimate of drug-likeness (QED) is 0.833. The van der Waals surface area contributed by atoms with E-state index in [1.165, 1.54) is 25.0 Å². The number of carboxylic acids is 1. The normalized spacial score (nSPS) is 15.5. The van der Waals surface area contributed by atoms with Crippen molar-refractivity contribution in [3.63, 3.8) is 0 Å². The minimum absolute atomic E-state index is 0.0963. The van der Waals surface area contributed by atoms with Crippen molar-refractivity contribution in [1.29, 1.82) is 0 Å². The summed E-state index contributed by atoms with van der Waals surface area (Å²) < 4.78 is 5.42. The fourth-order valence-corrected chi connectivity index (χ4v) is 2.04. The molecule has 0 unspecified atom stereocenters. The van der Waals surface area contributed by atoms with Crippen molar-refractivity contribution < 1.29 is 19.4 Å². The zero-order valence-electron chi connectivity index (χ0n) is 11.7. The van der Waals surface area contributed by atoms with E-state index in [2.05, 4.69) is 5.32 Å². The van der Waals surface area contributed by atoms with E-state index in [4.69, 9.17) is 9.84 Å². The molecule has 0 heterocycles. The molecule has 0 radical (unpaired) electrons. The van der Waals surface area contributed by atoms with Crippen LogP contribution < -0.4 is 10.1 Å². The Morgan fingerprint density at radius 1 is 1.45 bits per heavy atom. The molecule has 5 nitrogen and oxygen atoms in total. The molecule has 0 aliphatic heterocycles. The Morgan fingerprint density at radius 3 is 2.75 bits per heavy atom. The van der Waals surface area contributed by atoms with Crippen molar-refractivity contribution in [3.05, 3.63) is 29.3 Å². The summed E-state index contributed by atoms with van der Waals surface area (Å²) in [5.41, 5.74) is 0.954. The van der Waals surface area contributed by atoms with Gasteiger partial charge in [0.2, 0.25) is 0 Å². The highest BCUT2D eigenvalue weighted by Crippen LogP contribution is 2.32. The molecule has 1 aliphatic rings. The molecule has 1 fully saturated rings. The van der Waals surface area contributed by atoms with Crippen LogP contribution in [0.5, 0.6) is 5.75 Å². The van der Waals surface area contributed by atoms with Crippen LogP contribution >= 0.6 is 0 Å². The number of aromatic carboxylic acids is 1. The van der Waals surface area contributed by atoms with Gasteiger partial charge in [0.1, 0.15) is 5.75 Å². The monoisotopic (exact) mass is 277 g/mol. The highest BCUT2D eigenvalue weighted by atomic mass is 16.5. The standard InChI is InChI=1S/C15H19NO4/c1-9-3-4-12(15(18)19)7-13(9)20-8-14(17)16-10(2)11-5-6-11/h3-4,7,10-11H,5-6,8H2,1-2H3,(H,16,17)(H,18,19)/t10-/m1/s1. The lowest BCUT2D eigenvalue weighted by Gasteiger charge is -2.14. The smallest absolute Gasteiger partial charge is 0.335 e. The average Bonchev–Trinajstić information content (AvgIpc) is 3.21. The molecule has 2 N–H and O–H groups in total. The second-order valence-corrected chi connectivity index (χ2v) is 5.27. The molecule has 1 amide bonds. The molecule has 1 atom stereocenters. The molecule has 1 saturated carbocycles. The fraction of sp³-hybridized carbons (Fsp3) is 0.467. The summed E-state index contributed by atoms with van der Waals surface area (Å²) in [5, 5.41) is 11.8. The van der Waals surface area contributed by atoms with Crippen LogP contribution in [0.15, 0.2) is 18.2 Å². The number of amides is 1. The van der Waals surface area contributed by atoms with E-state index in [1.54, 1.807) is 6.07 Å². The minimum Gasteiger partial charge on any atom is -0.483 e. The number of ether oxygens (including phenoxy) is 1. The van der Waals surface area contributed by atoms with Crippen LogP contribution in [0.1, 0.15) is 35.7 Å². The summed E-state index contributed by atoms with van der Waals surface area (Å²) in [6.45, 7) is 3.71. The van der Waals surface area contributed by atoms with Crippen LogP contribution in [0, 0.1) is 12.8 Å². The van der Waals surface area contributed by atoms with Gasteiger partial charge in [-0.1, -0.05) is 6.07 Å². The zero-order valence-corrected chi connectivity index (χ0v) is 11.7. The number of carboxylic acid groups (broad SMARTS) is 1. The number of hydrogen-bond acceptors (Lipinski definition) is 3. The summed E-state index contributed by atoms with van der Waals surface area (Å²) in [7, 11) is 0. The van der Waals surface area contributed by atoms with Crippen LogP contribution in [0.25, 0.3) is 0 Å². The van der Waals surface area contributed by atoms with Gasteiger partial charge in [0, 0.05) is 6.04 Å². The molecular formula is C15H19NO4. The van der Waals surface area contributed by atoms with Crippen LogP contribution in [-0.4, -0.2) is 29.6 Å². The first-order valence-corrected chi connectivity index (χ1v) is 6.73. The SMILES string of the molecule is Cc1ccc(C(=O)O)cc1OCC(=O)N[C@H](C)C1CC1. The van der Waals surface area contributed by atoms with Crippen LogP contribution in [-0.2, 0) is 4.79 Å². The molecule has 108 valence electrons. The molecule has 5 heteroatoms. The third kappa shape index (κ3) is 3.73. The average molecular weight is 277 g/mol. The minimum atomic E-state index is -1.01. The molecule has 1 aromatic rings. The molecule has 1 aliphatic carbocycles. The van der Waals surface area contributed by atoms with E-state index in [0.717, 1.165) is 5.56 Å². The number of nitrogens with one attached hydrogen (secondary N) is 1. The van der Waals surface area contributed by atoms with Gasteiger partial charge in [-0.2, -0.15) is 0 Å². The number of benzene rings is 1. The largest absolute Gasteiger partial charge is 0.483 e. The maximum absolute atomic E-state index is 11.7. The first kappa shape index (κ1) is 14.4. The highest BCUT2D eigenvalue weighted by Gasteiger charge is 2.28. The summed E-state index contributed by atoms with van der Waals surface area (Å²) in [4.78, 5) is 22.6. The maximum atomic E-state index is 11.7. The number of hydrogen-bond donors (Lipinski definition) is 2. The Kier molecular flexibility index (Phi) is 4.27. The number of rotatable bonds is 6. The van der Waals surface area contributed by atoms with Crippen molar-refractivity contribution in [3.8, 4) is 5.75 Å². The second-order valence-electron chi connectivity index (χ2n) is 5.27. The predicted molar refractivity (Wildman–Crippen MR) is 74.0 cm³/mol. The Morgan fingerprint density at radius 2 is 2.15 bits per heavy atom. The first-order valence-electron chi connectivity index (χ1n) is 6.73. The summed E-state index contributed by atoms with van der Waals surface area (Å²) in [5.74, 6) is -0.165. The second kappa shape index (κ2) is 5.94. The van der Waals surface area contributed by atoms with Gasteiger partial charge in [-0.15, -0.1) is 0 Å².